The fraction of sp³-hybridized carbons (Fsp3) is 0.235. The highest BCUT2D eigenvalue weighted by Gasteiger charge is 2.38. The van der Waals surface area contributed by atoms with Crippen LogP contribution in [0.1, 0.15) is 35.4 Å². The number of nitrogens with zero attached hydrogens (tertiary/aromatic N) is 3. The Labute approximate surface area is 142 Å². The Bertz CT molecular complexity index is 908. The van der Waals surface area contributed by atoms with Gasteiger partial charge in [-0.05, 0) is 46.3 Å². The van der Waals surface area contributed by atoms with Crippen LogP contribution >= 0.6 is 15.9 Å². The first kappa shape index (κ1) is 14.0. The molecule has 1 aromatic heterocycles. The smallest absolute Gasteiger partial charge is 0.196 e. The lowest BCUT2D eigenvalue weighted by Gasteiger charge is -2.27. The normalized spacial score (nSPS) is 19.5. The van der Waals surface area contributed by atoms with E-state index in [9.17, 15) is 5.26 Å². The molecule has 2 N–H and O–H groups in total. The van der Waals surface area contributed by atoms with Gasteiger partial charge in [-0.25, -0.2) is 4.85 Å². The van der Waals surface area contributed by atoms with E-state index in [2.05, 4.69) is 42.4 Å². The van der Waals surface area contributed by atoms with E-state index in [1.807, 2.05) is 12.1 Å². The van der Waals surface area contributed by atoms with Gasteiger partial charge in [0.15, 0.2) is 5.70 Å². The zero-order valence-electron chi connectivity index (χ0n) is 12.1. The van der Waals surface area contributed by atoms with Crippen LogP contribution in [0.4, 0.5) is 5.82 Å². The molecular formula is C17H12BrN5. The number of hydrogen-bond acceptors (Lipinski definition) is 3. The van der Waals surface area contributed by atoms with Crippen molar-refractivity contribution < 1.29 is 0 Å². The molecule has 0 radical (unpaired) electrons. The highest BCUT2D eigenvalue weighted by molar-refractivity contribution is 9.10. The first-order valence-electron chi connectivity index (χ1n) is 7.35. The van der Waals surface area contributed by atoms with E-state index in [0.29, 0.717) is 17.2 Å². The summed E-state index contributed by atoms with van der Waals surface area (Å²) in [7, 11) is 0. The molecule has 112 valence electrons. The van der Waals surface area contributed by atoms with Crippen molar-refractivity contribution in [3.8, 4) is 6.07 Å². The Kier molecular flexibility index (Phi) is 3.21. The Morgan fingerprint density at radius 2 is 2.17 bits per heavy atom. The second-order valence-corrected chi connectivity index (χ2v) is 6.56. The first-order chi connectivity index (χ1) is 11.2. The molecule has 23 heavy (non-hydrogen) atoms. The summed E-state index contributed by atoms with van der Waals surface area (Å²) in [6, 6.07) is 7.79. The summed E-state index contributed by atoms with van der Waals surface area (Å²) in [6.07, 6.45) is 3.97. The van der Waals surface area contributed by atoms with Gasteiger partial charge in [0.05, 0.1) is 24.3 Å². The Hall–Kier alpha value is -2.57. The van der Waals surface area contributed by atoms with Crippen LogP contribution in [-0.4, -0.2) is 10.2 Å². The Balaban J connectivity index is 1.96. The van der Waals surface area contributed by atoms with Crippen molar-refractivity contribution in [3.63, 3.8) is 0 Å². The summed E-state index contributed by atoms with van der Waals surface area (Å²) in [5, 5.41) is 19.8. The number of allylic oxidation sites excluding steroid dienone is 2. The number of aromatic amines is 1. The van der Waals surface area contributed by atoms with Gasteiger partial charge < -0.3 is 5.32 Å². The lowest BCUT2D eigenvalue weighted by molar-refractivity contribution is 0.869. The van der Waals surface area contributed by atoms with E-state index < -0.39 is 0 Å². The number of nitrogens with one attached hydrogen (secondary N) is 2. The second kappa shape index (κ2) is 5.26. The molecule has 2 aliphatic rings. The van der Waals surface area contributed by atoms with E-state index in [1.54, 1.807) is 12.3 Å². The van der Waals surface area contributed by atoms with Gasteiger partial charge in [-0.1, -0.05) is 12.1 Å². The van der Waals surface area contributed by atoms with Gasteiger partial charge >= 0.3 is 0 Å². The molecule has 1 aliphatic heterocycles. The number of hydrogen-bond donors (Lipinski definition) is 2. The molecule has 1 aliphatic carbocycles. The largest absolute Gasteiger partial charge is 0.354 e. The molecule has 4 rings (SSSR count). The summed E-state index contributed by atoms with van der Waals surface area (Å²) < 4.78 is 0.748. The standard InChI is InChI=1S/C17H12BrN5/c1-20-16-13(11-4-2-3-10(7-19)14(11)18)12-8-21-23-17(12)22-15(16)9-5-6-9/h2-4,8-9,13H,5-6H2,(H2,21,22,23). The predicted molar refractivity (Wildman–Crippen MR) is 89.3 cm³/mol. The van der Waals surface area contributed by atoms with Crippen LogP contribution in [0.25, 0.3) is 4.85 Å². The highest BCUT2D eigenvalue weighted by Crippen LogP contribution is 2.49. The minimum Gasteiger partial charge on any atom is -0.354 e. The topological polar surface area (TPSA) is 68.9 Å². The second-order valence-electron chi connectivity index (χ2n) is 5.76. The predicted octanol–water partition coefficient (Wildman–Crippen LogP) is 4.14. The van der Waals surface area contributed by atoms with Crippen molar-refractivity contribution in [2.24, 2.45) is 5.92 Å². The molecule has 0 bridgehead atoms. The maximum absolute atomic E-state index is 9.29. The maximum Gasteiger partial charge on any atom is 0.196 e. The molecule has 1 aromatic carbocycles. The van der Waals surface area contributed by atoms with Crippen LogP contribution < -0.4 is 5.32 Å². The number of anilines is 1. The molecule has 1 atom stereocenters. The highest BCUT2D eigenvalue weighted by atomic mass is 79.9. The van der Waals surface area contributed by atoms with Crippen molar-refractivity contribution in [2.45, 2.75) is 18.8 Å². The molecule has 2 heterocycles. The van der Waals surface area contributed by atoms with Gasteiger partial charge in [0.25, 0.3) is 0 Å². The van der Waals surface area contributed by atoms with Gasteiger partial charge in [-0.3, -0.25) is 5.10 Å². The van der Waals surface area contributed by atoms with Crippen LogP contribution in [0.2, 0.25) is 0 Å². The number of rotatable bonds is 2. The van der Waals surface area contributed by atoms with E-state index in [4.69, 9.17) is 6.57 Å². The molecular weight excluding hydrogens is 354 g/mol. The SMILES string of the molecule is [C-]#[N+]C1=C(C2CC2)Nc2[nH]ncc2C1c1cccc(C#N)c1Br. The molecule has 0 saturated heterocycles. The van der Waals surface area contributed by atoms with Gasteiger partial charge in [0.1, 0.15) is 11.9 Å². The Morgan fingerprint density at radius 1 is 1.35 bits per heavy atom. The third kappa shape index (κ3) is 2.15. The van der Waals surface area contributed by atoms with Crippen LogP contribution in [-0.2, 0) is 0 Å². The molecule has 6 heteroatoms. The number of benzene rings is 1. The summed E-state index contributed by atoms with van der Waals surface area (Å²) in [4.78, 5) is 3.84. The monoisotopic (exact) mass is 365 g/mol. The van der Waals surface area contributed by atoms with E-state index in [0.717, 1.165) is 40.0 Å². The van der Waals surface area contributed by atoms with Crippen LogP contribution in [0, 0.1) is 23.8 Å². The molecule has 1 fully saturated rings. The number of H-pyrrole nitrogens is 1. The number of nitriles is 1. The number of fused-ring (bicyclic) bond motifs is 1. The van der Waals surface area contributed by atoms with Crippen molar-refractivity contribution in [3.05, 3.63) is 68.4 Å². The molecule has 1 unspecified atom stereocenters. The van der Waals surface area contributed by atoms with Gasteiger partial charge in [0.2, 0.25) is 0 Å². The van der Waals surface area contributed by atoms with Crippen LogP contribution in [0.15, 0.2) is 40.3 Å². The minimum atomic E-state index is -0.208. The van der Waals surface area contributed by atoms with E-state index >= 15 is 0 Å². The van der Waals surface area contributed by atoms with Gasteiger partial charge in [0, 0.05) is 15.7 Å². The Morgan fingerprint density at radius 3 is 2.87 bits per heavy atom. The molecule has 0 spiro atoms. The average Bonchev–Trinajstić information content (AvgIpc) is 3.31. The van der Waals surface area contributed by atoms with E-state index in [-0.39, 0.29) is 5.92 Å². The van der Waals surface area contributed by atoms with Crippen molar-refractivity contribution in [1.29, 1.82) is 5.26 Å². The summed E-state index contributed by atoms with van der Waals surface area (Å²) in [5.41, 5.74) is 4.14. The van der Waals surface area contributed by atoms with Crippen molar-refractivity contribution >= 4 is 21.7 Å². The number of halogens is 1. The number of aromatic nitrogens is 2. The maximum atomic E-state index is 9.29. The molecule has 0 amide bonds. The van der Waals surface area contributed by atoms with Crippen LogP contribution in [0.3, 0.4) is 0 Å². The quantitative estimate of drug-likeness (QED) is 0.785. The fourth-order valence-electron chi connectivity index (χ4n) is 3.10. The summed E-state index contributed by atoms with van der Waals surface area (Å²) in [6.45, 7) is 7.71. The lowest BCUT2D eigenvalue weighted by Crippen LogP contribution is -2.18. The van der Waals surface area contributed by atoms with Crippen molar-refractivity contribution in [1.82, 2.24) is 10.2 Å². The average molecular weight is 366 g/mol. The molecule has 1 saturated carbocycles. The third-order valence-corrected chi connectivity index (χ3v) is 5.24. The van der Waals surface area contributed by atoms with Gasteiger partial charge in [-0.15, -0.1) is 0 Å². The van der Waals surface area contributed by atoms with Crippen LogP contribution in [0.5, 0.6) is 0 Å². The zero-order valence-corrected chi connectivity index (χ0v) is 13.7. The summed E-state index contributed by atoms with van der Waals surface area (Å²) in [5.74, 6) is 1.07. The fourth-order valence-corrected chi connectivity index (χ4v) is 3.68. The minimum absolute atomic E-state index is 0.208. The van der Waals surface area contributed by atoms with E-state index in [1.165, 1.54) is 0 Å². The molecule has 2 aromatic rings. The van der Waals surface area contributed by atoms with Crippen molar-refractivity contribution in [2.75, 3.05) is 5.32 Å². The van der Waals surface area contributed by atoms with Gasteiger partial charge in [-0.2, -0.15) is 10.4 Å². The summed E-state index contributed by atoms with van der Waals surface area (Å²) >= 11 is 3.55. The molecule has 5 nitrogen and oxygen atoms in total. The lowest BCUT2D eigenvalue weighted by atomic mass is 9.85. The third-order valence-electron chi connectivity index (χ3n) is 4.35. The zero-order chi connectivity index (χ0) is 16.0. The first-order valence-corrected chi connectivity index (χ1v) is 8.14.